The van der Waals surface area contributed by atoms with Crippen LogP contribution in [0.15, 0.2) is 6.33 Å². The Morgan fingerprint density at radius 3 is 2.94 bits per heavy atom. The molecule has 1 aliphatic carbocycles. The van der Waals surface area contributed by atoms with Crippen LogP contribution in [-0.4, -0.2) is 31.2 Å². The average molecular weight is 254 g/mol. The Balaban J connectivity index is 2.01. The molecular weight excluding hydrogens is 242 g/mol. The van der Waals surface area contributed by atoms with E-state index in [1.807, 2.05) is 4.57 Å². The minimum Gasteiger partial charge on any atom is -0.396 e. The first-order valence-electron chi connectivity index (χ1n) is 5.45. The summed E-state index contributed by atoms with van der Waals surface area (Å²) in [4.78, 5) is 12.2. The van der Waals surface area contributed by atoms with Gasteiger partial charge >= 0.3 is 0 Å². The third-order valence-electron chi connectivity index (χ3n) is 3.26. The Labute approximate surface area is 102 Å². The zero-order valence-corrected chi connectivity index (χ0v) is 9.80. The van der Waals surface area contributed by atoms with Crippen LogP contribution in [-0.2, 0) is 0 Å². The second-order valence-electron chi connectivity index (χ2n) is 4.37. The van der Waals surface area contributed by atoms with Gasteiger partial charge in [-0.05, 0) is 18.8 Å². The van der Waals surface area contributed by atoms with E-state index in [0.717, 1.165) is 12.8 Å². The molecule has 0 spiro atoms. The van der Waals surface area contributed by atoms with Crippen LogP contribution < -0.4 is 5.73 Å². The molecule has 1 saturated carbocycles. The van der Waals surface area contributed by atoms with Crippen LogP contribution in [0.3, 0.4) is 0 Å². The summed E-state index contributed by atoms with van der Waals surface area (Å²) in [6.07, 6.45) is 3.58. The molecule has 1 fully saturated rings. The van der Waals surface area contributed by atoms with Crippen LogP contribution in [0.2, 0.25) is 5.15 Å². The Bertz CT molecular complexity index is 563. The van der Waals surface area contributed by atoms with Gasteiger partial charge in [0.1, 0.15) is 5.52 Å². The molecule has 7 heteroatoms. The first-order chi connectivity index (χ1) is 8.19. The van der Waals surface area contributed by atoms with Crippen molar-refractivity contribution in [3.8, 4) is 0 Å². The number of hydrogen-bond acceptors (Lipinski definition) is 5. The summed E-state index contributed by atoms with van der Waals surface area (Å²) in [6, 6.07) is 0.322. The molecule has 0 unspecified atom stereocenters. The Morgan fingerprint density at radius 1 is 1.47 bits per heavy atom. The number of aromatic nitrogens is 4. The van der Waals surface area contributed by atoms with E-state index in [1.54, 1.807) is 6.33 Å². The molecule has 90 valence electrons. The SMILES string of the molecule is Nc1nc(Cl)c2ncn(C3CC(CO)C3)c2n1. The smallest absolute Gasteiger partial charge is 0.223 e. The number of rotatable bonds is 2. The predicted octanol–water partition coefficient (Wildman–Crippen LogP) is 1.01. The maximum atomic E-state index is 9.01. The summed E-state index contributed by atoms with van der Waals surface area (Å²) in [5, 5.41) is 9.29. The molecule has 0 aromatic carbocycles. The summed E-state index contributed by atoms with van der Waals surface area (Å²) in [7, 11) is 0. The minimum absolute atomic E-state index is 0.155. The largest absolute Gasteiger partial charge is 0.396 e. The van der Waals surface area contributed by atoms with E-state index in [2.05, 4.69) is 15.0 Å². The Hall–Kier alpha value is -1.40. The van der Waals surface area contributed by atoms with Crippen molar-refractivity contribution in [1.29, 1.82) is 0 Å². The number of aliphatic hydroxyl groups is 1. The van der Waals surface area contributed by atoms with Gasteiger partial charge in [-0.25, -0.2) is 4.98 Å². The maximum Gasteiger partial charge on any atom is 0.223 e. The van der Waals surface area contributed by atoms with Crippen molar-refractivity contribution in [1.82, 2.24) is 19.5 Å². The van der Waals surface area contributed by atoms with Gasteiger partial charge in [0.25, 0.3) is 0 Å². The minimum atomic E-state index is 0.155. The molecule has 3 rings (SSSR count). The van der Waals surface area contributed by atoms with Gasteiger partial charge in [0.15, 0.2) is 10.8 Å². The molecule has 2 heterocycles. The summed E-state index contributed by atoms with van der Waals surface area (Å²) in [5.74, 6) is 0.536. The van der Waals surface area contributed by atoms with Crippen molar-refractivity contribution in [3.63, 3.8) is 0 Å². The lowest BCUT2D eigenvalue weighted by Crippen LogP contribution is -2.28. The zero-order chi connectivity index (χ0) is 12.0. The predicted molar refractivity (Wildman–Crippen MR) is 63.6 cm³/mol. The molecule has 0 saturated heterocycles. The van der Waals surface area contributed by atoms with Crippen molar-refractivity contribution in [2.75, 3.05) is 12.3 Å². The van der Waals surface area contributed by atoms with E-state index >= 15 is 0 Å². The molecule has 17 heavy (non-hydrogen) atoms. The molecule has 0 radical (unpaired) electrons. The summed E-state index contributed by atoms with van der Waals surface area (Å²) >= 11 is 5.95. The second-order valence-corrected chi connectivity index (χ2v) is 4.73. The number of nitrogens with zero attached hydrogens (tertiary/aromatic N) is 4. The van der Waals surface area contributed by atoms with Crippen molar-refractivity contribution in [2.45, 2.75) is 18.9 Å². The van der Waals surface area contributed by atoms with Gasteiger partial charge < -0.3 is 15.4 Å². The van der Waals surface area contributed by atoms with Crippen molar-refractivity contribution in [2.24, 2.45) is 5.92 Å². The van der Waals surface area contributed by atoms with Gasteiger partial charge in [0.2, 0.25) is 5.95 Å². The van der Waals surface area contributed by atoms with Crippen LogP contribution in [0.25, 0.3) is 11.2 Å². The molecule has 1 aliphatic rings. The van der Waals surface area contributed by atoms with Crippen LogP contribution in [0.5, 0.6) is 0 Å². The van der Waals surface area contributed by atoms with E-state index in [0.29, 0.717) is 23.1 Å². The molecular formula is C10H12ClN5O. The van der Waals surface area contributed by atoms with Gasteiger partial charge in [-0.15, -0.1) is 0 Å². The molecule has 3 N–H and O–H groups in total. The van der Waals surface area contributed by atoms with E-state index in [9.17, 15) is 0 Å². The standard InChI is InChI=1S/C10H12ClN5O/c11-8-7-9(15-10(12)14-8)16(4-13-7)6-1-5(2-6)3-17/h4-6,17H,1-3H2,(H2,12,14,15). The van der Waals surface area contributed by atoms with Crippen molar-refractivity contribution < 1.29 is 5.11 Å². The molecule has 2 aromatic rings. The van der Waals surface area contributed by atoms with Crippen molar-refractivity contribution >= 4 is 28.7 Å². The lowest BCUT2D eigenvalue weighted by Gasteiger charge is -2.34. The monoisotopic (exact) mass is 253 g/mol. The molecule has 0 atom stereocenters. The highest BCUT2D eigenvalue weighted by Gasteiger charge is 2.31. The number of nitrogens with two attached hydrogens (primary N) is 1. The van der Waals surface area contributed by atoms with Crippen LogP contribution in [0.4, 0.5) is 5.95 Å². The molecule has 0 aliphatic heterocycles. The van der Waals surface area contributed by atoms with Crippen LogP contribution >= 0.6 is 11.6 Å². The van der Waals surface area contributed by atoms with Gasteiger partial charge in [-0.3, -0.25) is 0 Å². The van der Waals surface area contributed by atoms with E-state index in [1.165, 1.54) is 0 Å². The van der Waals surface area contributed by atoms with E-state index in [-0.39, 0.29) is 17.7 Å². The lowest BCUT2D eigenvalue weighted by atomic mass is 9.81. The Morgan fingerprint density at radius 2 is 2.24 bits per heavy atom. The van der Waals surface area contributed by atoms with Gasteiger partial charge in [0, 0.05) is 12.6 Å². The number of imidazole rings is 1. The Kier molecular flexibility index (Phi) is 2.41. The first kappa shape index (κ1) is 10.7. The number of hydrogen-bond donors (Lipinski definition) is 2. The number of fused-ring (bicyclic) bond motifs is 1. The fraction of sp³-hybridized carbons (Fsp3) is 0.500. The summed E-state index contributed by atoms with van der Waals surface area (Å²) in [5.41, 5.74) is 6.83. The quantitative estimate of drug-likeness (QED) is 0.780. The van der Waals surface area contributed by atoms with Crippen molar-refractivity contribution in [3.05, 3.63) is 11.5 Å². The average Bonchev–Trinajstić information content (AvgIpc) is 2.61. The van der Waals surface area contributed by atoms with E-state index in [4.69, 9.17) is 22.4 Å². The fourth-order valence-electron chi connectivity index (χ4n) is 2.24. The highest BCUT2D eigenvalue weighted by Crippen LogP contribution is 2.39. The van der Waals surface area contributed by atoms with Gasteiger partial charge in [0.05, 0.1) is 6.33 Å². The fourth-order valence-corrected chi connectivity index (χ4v) is 2.46. The summed E-state index contributed by atoms with van der Waals surface area (Å²) in [6.45, 7) is 0.237. The highest BCUT2D eigenvalue weighted by atomic mass is 35.5. The van der Waals surface area contributed by atoms with Crippen LogP contribution in [0.1, 0.15) is 18.9 Å². The summed E-state index contributed by atoms with van der Waals surface area (Å²) < 4.78 is 1.96. The van der Waals surface area contributed by atoms with E-state index < -0.39 is 0 Å². The lowest BCUT2D eigenvalue weighted by molar-refractivity contribution is 0.114. The van der Waals surface area contributed by atoms with Gasteiger partial charge in [-0.1, -0.05) is 11.6 Å². The van der Waals surface area contributed by atoms with Crippen LogP contribution in [0, 0.1) is 5.92 Å². The number of anilines is 1. The third-order valence-corrected chi connectivity index (χ3v) is 3.52. The second kappa shape index (κ2) is 3.82. The molecule has 6 nitrogen and oxygen atoms in total. The molecule has 2 aromatic heterocycles. The first-order valence-corrected chi connectivity index (χ1v) is 5.83. The normalized spacial score (nSPS) is 23.9. The highest BCUT2D eigenvalue weighted by molar-refractivity contribution is 6.33. The van der Waals surface area contributed by atoms with Gasteiger partial charge in [-0.2, -0.15) is 9.97 Å². The zero-order valence-electron chi connectivity index (χ0n) is 9.04. The molecule has 0 amide bonds. The molecule has 0 bridgehead atoms. The topological polar surface area (TPSA) is 89.8 Å². The third kappa shape index (κ3) is 1.64. The number of halogens is 1. The number of aliphatic hydroxyl groups excluding tert-OH is 1. The maximum absolute atomic E-state index is 9.01. The number of nitrogen functional groups attached to an aromatic ring is 1.